The van der Waals surface area contributed by atoms with Crippen molar-refractivity contribution in [2.75, 3.05) is 26.7 Å². The molecule has 15 heavy (non-hydrogen) atoms. The normalized spacial score (nSPS) is 17.9. The highest BCUT2D eigenvalue weighted by molar-refractivity contribution is 5.76. The number of rotatable bonds is 7. The zero-order chi connectivity index (χ0) is 11.3. The monoisotopic (exact) mass is 213 g/mol. The molecule has 1 unspecified atom stereocenters. The number of nitrogens with two attached hydrogens (primary N) is 1. The Labute approximate surface area is 92.2 Å². The van der Waals surface area contributed by atoms with Crippen LogP contribution < -0.4 is 11.1 Å². The van der Waals surface area contributed by atoms with E-state index in [0.29, 0.717) is 24.9 Å². The fourth-order valence-corrected chi connectivity index (χ4v) is 1.52. The van der Waals surface area contributed by atoms with Crippen molar-refractivity contribution in [2.45, 2.75) is 32.2 Å². The molecular weight excluding hydrogens is 190 g/mol. The van der Waals surface area contributed by atoms with Crippen LogP contribution in [0.4, 0.5) is 0 Å². The second kappa shape index (κ2) is 6.08. The summed E-state index contributed by atoms with van der Waals surface area (Å²) in [6.45, 7) is 4.62. The molecule has 0 heterocycles. The first-order valence-electron chi connectivity index (χ1n) is 5.79. The number of nitrogens with zero attached hydrogens (tertiary/aromatic N) is 1. The van der Waals surface area contributed by atoms with Gasteiger partial charge in [0.25, 0.3) is 0 Å². The maximum Gasteiger partial charge on any atom is 0.221 e. The van der Waals surface area contributed by atoms with E-state index in [1.165, 1.54) is 0 Å². The topological polar surface area (TPSA) is 58.4 Å². The van der Waals surface area contributed by atoms with Gasteiger partial charge in [-0.3, -0.25) is 4.79 Å². The van der Waals surface area contributed by atoms with Crippen LogP contribution in [0.15, 0.2) is 0 Å². The molecule has 3 N–H and O–H groups in total. The highest BCUT2D eigenvalue weighted by Gasteiger charge is 2.22. The fraction of sp³-hybridized carbons (Fsp3) is 0.909. The summed E-state index contributed by atoms with van der Waals surface area (Å²) >= 11 is 0. The van der Waals surface area contributed by atoms with E-state index in [0.717, 1.165) is 25.9 Å². The third kappa shape index (κ3) is 5.74. The van der Waals surface area contributed by atoms with Gasteiger partial charge >= 0.3 is 0 Å². The number of hydrogen-bond donors (Lipinski definition) is 2. The second-order valence-corrected chi connectivity index (χ2v) is 4.69. The lowest BCUT2D eigenvalue weighted by Gasteiger charge is -2.19. The number of hydrogen-bond acceptors (Lipinski definition) is 3. The highest BCUT2D eigenvalue weighted by Crippen LogP contribution is 2.18. The van der Waals surface area contributed by atoms with Crippen molar-refractivity contribution < 1.29 is 4.79 Å². The Morgan fingerprint density at radius 2 is 2.27 bits per heavy atom. The first-order chi connectivity index (χ1) is 7.11. The van der Waals surface area contributed by atoms with Crippen molar-refractivity contribution in [2.24, 2.45) is 11.7 Å². The van der Waals surface area contributed by atoms with E-state index in [1.807, 2.05) is 7.05 Å². The Hall–Kier alpha value is -0.610. The van der Waals surface area contributed by atoms with Gasteiger partial charge in [-0.2, -0.15) is 0 Å². The molecule has 1 rings (SSSR count). The SMILES string of the molecule is CC(CN)CN(C)CCC(=O)NC1CC1. The number of carbonyl (C=O) groups excluding carboxylic acids is 1. The lowest BCUT2D eigenvalue weighted by molar-refractivity contribution is -0.121. The molecule has 0 radical (unpaired) electrons. The van der Waals surface area contributed by atoms with Crippen LogP contribution in [0, 0.1) is 5.92 Å². The molecule has 0 aromatic heterocycles. The average molecular weight is 213 g/mol. The predicted octanol–water partition coefficient (Wildman–Crippen LogP) is 0.182. The van der Waals surface area contributed by atoms with Gasteiger partial charge in [0.15, 0.2) is 0 Å². The van der Waals surface area contributed by atoms with Crippen LogP contribution >= 0.6 is 0 Å². The molecule has 1 saturated carbocycles. The molecule has 1 aliphatic carbocycles. The maximum atomic E-state index is 11.4. The van der Waals surface area contributed by atoms with Gasteiger partial charge in [0.1, 0.15) is 0 Å². The smallest absolute Gasteiger partial charge is 0.221 e. The van der Waals surface area contributed by atoms with E-state index < -0.39 is 0 Å². The largest absolute Gasteiger partial charge is 0.353 e. The van der Waals surface area contributed by atoms with Gasteiger partial charge in [0, 0.05) is 25.6 Å². The molecule has 0 saturated heterocycles. The summed E-state index contributed by atoms with van der Waals surface area (Å²) < 4.78 is 0. The summed E-state index contributed by atoms with van der Waals surface area (Å²) in [6, 6.07) is 0.478. The molecule has 1 fully saturated rings. The minimum Gasteiger partial charge on any atom is -0.353 e. The summed E-state index contributed by atoms with van der Waals surface area (Å²) in [6.07, 6.45) is 2.92. The Balaban J connectivity index is 2.04. The zero-order valence-corrected chi connectivity index (χ0v) is 9.83. The van der Waals surface area contributed by atoms with E-state index in [2.05, 4.69) is 17.1 Å². The third-order valence-corrected chi connectivity index (χ3v) is 2.69. The van der Waals surface area contributed by atoms with Crippen molar-refractivity contribution in [3.05, 3.63) is 0 Å². The molecule has 1 aliphatic rings. The van der Waals surface area contributed by atoms with Crippen LogP contribution in [-0.4, -0.2) is 43.5 Å². The first kappa shape index (κ1) is 12.5. The molecule has 4 nitrogen and oxygen atoms in total. The van der Waals surface area contributed by atoms with Gasteiger partial charge in [0.05, 0.1) is 0 Å². The van der Waals surface area contributed by atoms with E-state index in [4.69, 9.17) is 5.73 Å². The Bertz CT molecular complexity index is 204. The molecular formula is C11H23N3O. The Morgan fingerprint density at radius 1 is 1.60 bits per heavy atom. The third-order valence-electron chi connectivity index (χ3n) is 2.69. The maximum absolute atomic E-state index is 11.4. The first-order valence-corrected chi connectivity index (χ1v) is 5.79. The van der Waals surface area contributed by atoms with Crippen LogP contribution in [0.5, 0.6) is 0 Å². The molecule has 0 aromatic carbocycles. The van der Waals surface area contributed by atoms with Gasteiger partial charge in [-0.05, 0) is 32.4 Å². The predicted molar refractivity (Wildman–Crippen MR) is 61.5 cm³/mol. The van der Waals surface area contributed by atoms with Gasteiger partial charge in [-0.15, -0.1) is 0 Å². The molecule has 0 aromatic rings. The lowest BCUT2D eigenvalue weighted by Crippen LogP contribution is -2.33. The van der Waals surface area contributed by atoms with Crippen LogP contribution in [0.2, 0.25) is 0 Å². The molecule has 4 heteroatoms. The lowest BCUT2D eigenvalue weighted by atomic mass is 10.2. The summed E-state index contributed by atoms with van der Waals surface area (Å²) in [5, 5.41) is 2.99. The van der Waals surface area contributed by atoms with Crippen LogP contribution in [-0.2, 0) is 4.79 Å². The molecule has 0 aliphatic heterocycles. The summed E-state index contributed by atoms with van der Waals surface area (Å²) in [7, 11) is 2.04. The van der Waals surface area contributed by atoms with Crippen molar-refractivity contribution in [3.63, 3.8) is 0 Å². The van der Waals surface area contributed by atoms with E-state index in [1.54, 1.807) is 0 Å². The van der Waals surface area contributed by atoms with Crippen molar-refractivity contribution in [1.29, 1.82) is 0 Å². The number of nitrogens with one attached hydrogen (secondary N) is 1. The van der Waals surface area contributed by atoms with Crippen molar-refractivity contribution >= 4 is 5.91 Å². The summed E-state index contributed by atoms with van der Waals surface area (Å²) in [5.41, 5.74) is 5.54. The molecule has 0 bridgehead atoms. The minimum absolute atomic E-state index is 0.185. The van der Waals surface area contributed by atoms with Crippen molar-refractivity contribution in [1.82, 2.24) is 10.2 Å². The van der Waals surface area contributed by atoms with Gasteiger partial charge < -0.3 is 16.0 Å². The molecule has 1 amide bonds. The van der Waals surface area contributed by atoms with Gasteiger partial charge in [0.2, 0.25) is 5.91 Å². The quantitative estimate of drug-likeness (QED) is 0.634. The van der Waals surface area contributed by atoms with Crippen LogP contribution in [0.25, 0.3) is 0 Å². The van der Waals surface area contributed by atoms with Gasteiger partial charge in [-0.25, -0.2) is 0 Å². The van der Waals surface area contributed by atoms with Crippen LogP contribution in [0.3, 0.4) is 0 Å². The molecule has 88 valence electrons. The molecule has 0 spiro atoms. The van der Waals surface area contributed by atoms with Gasteiger partial charge in [-0.1, -0.05) is 6.92 Å². The number of carbonyl (C=O) groups is 1. The minimum atomic E-state index is 0.185. The Kier molecular flexibility index (Phi) is 5.05. The van der Waals surface area contributed by atoms with E-state index in [-0.39, 0.29) is 5.91 Å². The van der Waals surface area contributed by atoms with E-state index >= 15 is 0 Å². The summed E-state index contributed by atoms with van der Waals surface area (Å²) in [5.74, 6) is 0.686. The zero-order valence-electron chi connectivity index (χ0n) is 9.83. The summed E-state index contributed by atoms with van der Waals surface area (Å²) in [4.78, 5) is 13.6. The average Bonchev–Trinajstić information content (AvgIpc) is 2.98. The second-order valence-electron chi connectivity index (χ2n) is 4.69. The van der Waals surface area contributed by atoms with Crippen LogP contribution in [0.1, 0.15) is 26.2 Å². The number of amides is 1. The van der Waals surface area contributed by atoms with Crippen molar-refractivity contribution in [3.8, 4) is 0 Å². The molecule has 1 atom stereocenters. The highest BCUT2D eigenvalue weighted by atomic mass is 16.1. The Morgan fingerprint density at radius 3 is 2.80 bits per heavy atom. The van der Waals surface area contributed by atoms with E-state index in [9.17, 15) is 4.79 Å². The fourth-order valence-electron chi connectivity index (χ4n) is 1.52. The standard InChI is InChI=1S/C11H23N3O/c1-9(7-12)8-14(2)6-5-11(15)13-10-3-4-10/h9-10H,3-8,12H2,1-2H3,(H,13,15).